The highest BCUT2D eigenvalue weighted by molar-refractivity contribution is 5.95. The molecule has 0 unspecified atom stereocenters. The summed E-state index contributed by atoms with van der Waals surface area (Å²) in [6.45, 7) is 3.47. The number of carbonyl (C=O) groups is 1. The molecule has 1 N–H and O–H groups in total. The van der Waals surface area contributed by atoms with Crippen molar-refractivity contribution >= 4 is 41.8 Å². The van der Waals surface area contributed by atoms with Gasteiger partial charge in [-0.05, 0) is 38.9 Å². The number of nitrogens with one attached hydrogen (secondary N) is 1. The summed E-state index contributed by atoms with van der Waals surface area (Å²) in [6.07, 6.45) is 1.97. The Kier molecular flexibility index (Phi) is 6.66. The average Bonchev–Trinajstić information content (AvgIpc) is 2.89. The first-order valence-corrected chi connectivity index (χ1v) is 7.01. The van der Waals surface area contributed by atoms with Gasteiger partial charge in [-0.25, -0.2) is 4.98 Å². The second kappa shape index (κ2) is 7.81. The van der Waals surface area contributed by atoms with Gasteiger partial charge in [-0.3, -0.25) is 4.79 Å². The Bertz CT molecular complexity index is 637. The number of aromatic nitrogens is 1. The number of likely N-dealkylation sites (tertiary alicyclic amines) is 1. The van der Waals surface area contributed by atoms with E-state index in [0.29, 0.717) is 17.4 Å². The maximum Gasteiger partial charge on any atom is 0.289 e. The van der Waals surface area contributed by atoms with Crippen LogP contribution in [-0.4, -0.2) is 42.0 Å². The van der Waals surface area contributed by atoms with Crippen molar-refractivity contribution in [3.05, 3.63) is 29.7 Å². The van der Waals surface area contributed by atoms with Crippen LogP contribution >= 0.6 is 24.8 Å². The molecule has 0 saturated carbocycles. The van der Waals surface area contributed by atoms with Crippen molar-refractivity contribution in [3.8, 4) is 0 Å². The van der Waals surface area contributed by atoms with Crippen molar-refractivity contribution in [1.82, 2.24) is 15.2 Å². The molecule has 0 atom stereocenters. The molecule has 1 fully saturated rings. The van der Waals surface area contributed by atoms with Crippen molar-refractivity contribution in [2.75, 3.05) is 20.1 Å². The van der Waals surface area contributed by atoms with Crippen LogP contribution in [-0.2, 0) is 0 Å². The molecular formula is C15H21Cl2N3O2. The fourth-order valence-electron chi connectivity index (χ4n) is 2.66. The van der Waals surface area contributed by atoms with Crippen molar-refractivity contribution in [2.24, 2.45) is 0 Å². The minimum Gasteiger partial charge on any atom is -0.449 e. The zero-order valence-corrected chi connectivity index (χ0v) is 14.3. The van der Waals surface area contributed by atoms with Crippen molar-refractivity contribution in [1.29, 1.82) is 0 Å². The Balaban J connectivity index is 0.00000121. The van der Waals surface area contributed by atoms with E-state index in [1.54, 1.807) is 6.07 Å². The summed E-state index contributed by atoms with van der Waals surface area (Å²) in [6, 6.07) is 6.01. The fourth-order valence-corrected chi connectivity index (χ4v) is 2.66. The summed E-state index contributed by atoms with van der Waals surface area (Å²) in [5.41, 5.74) is 2.34. The van der Waals surface area contributed by atoms with E-state index in [0.717, 1.165) is 37.1 Å². The first-order chi connectivity index (χ1) is 9.67. The molecular weight excluding hydrogens is 325 g/mol. The molecule has 0 bridgehead atoms. The Morgan fingerprint density at radius 1 is 1.32 bits per heavy atom. The molecule has 5 nitrogen and oxygen atoms in total. The lowest BCUT2D eigenvalue weighted by Gasteiger charge is -2.31. The molecule has 0 aliphatic carbocycles. The van der Waals surface area contributed by atoms with E-state index >= 15 is 0 Å². The van der Waals surface area contributed by atoms with Crippen LogP contribution in [0.25, 0.3) is 11.1 Å². The minimum absolute atomic E-state index is 0. The Morgan fingerprint density at radius 3 is 2.64 bits per heavy atom. The van der Waals surface area contributed by atoms with Gasteiger partial charge in [0.15, 0.2) is 11.3 Å². The number of amides is 1. The zero-order valence-electron chi connectivity index (χ0n) is 12.7. The van der Waals surface area contributed by atoms with E-state index in [9.17, 15) is 4.79 Å². The number of fused-ring (bicyclic) bond motifs is 1. The number of nitrogens with zero attached hydrogens (tertiary/aromatic N) is 2. The zero-order chi connectivity index (χ0) is 14.1. The van der Waals surface area contributed by atoms with E-state index in [2.05, 4.69) is 10.3 Å². The fraction of sp³-hybridized carbons (Fsp3) is 0.467. The van der Waals surface area contributed by atoms with E-state index in [1.165, 1.54) is 0 Å². The van der Waals surface area contributed by atoms with Gasteiger partial charge in [-0.2, -0.15) is 0 Å². The molecule has 0 spiro atoms. The van der Waals surface area contributed by atoms with E-state index in [1.807, 2.05) is 31.0 Å². The summed E-state index contributed by atoms with van der Waals surface area (Å²) in [7, 11) is 1.97. The van der Waals surface area contributed by atoms with Gasteiger partial charge in [0.2, 0.25) is 0 Å². The molecule has 1 aliphatic rings. The SMILES string of the molecule is CNC1CCN(C(=O)c2cc3nc(C)ccc3o2)CC1.Cl.Cl. The number of furan rings is 1. The number of halogens is 2. The van der Waals surface area contributed by atoms with Crippen LogP contribution in [0, 0.1) is 6.92 Å². The molecule has 122 valence electrons. The summed E-state index contributed by atoms with van der Waals surface area (Å²) >= 11 is 0. The summed E-state index contributed by atoms with van der Waals surface area (Å²) in [4.78, 5) is 18.7. The number of aryl methyl sites for hydroxylation is 1. The molecule has 2 aromatic heterocycles. The van der Waals surface area contributed by atoms with Crippen LogP contribution in [0.4, 0.5) is 0 Å². The van der Waals surface area contributed by atoms with Gasteiger partial charge in [0, 0.05) is 30.9 Å². The van der Waals surface area contributed by atoms with Gasteiger partial charge in [0.25, 0.3) is 5.91 Å². The second-order valence-electron chi connectivity index (χ2n) is 5.30. The smallest absolute Gasteiger partial charge is 0.289 e. The number of rotatable bonds is 2. The third-order valence-electron chi connectivity index (χ3n) is 3.91. The third-order valence-corrected chi connectivity index (χ3v) is 3.91. The van der Waals surface area contributed by atoms with E-state index in [4.69, 9.17) is 4.42 Å². The summed E-state index contributed by atoms with van der Waals surface area (Å²) in [5, 5.41) is 3.26. The first-order valence-electron chi connectivity index (χ1n) is 7.01. The molecule has 0 aromatic carbocycles. The molecule has 1 saturated heterocycles. The van der Waals surface area contributed by atoms with Crippen molar-refractivity contribution in [2.45, 2.75) is 25.8 Å². The number of pyridine rings is 1. The van der Waals surface area contributed by atoms with Gasteiger partial charge in [-0.15, -0.1) is 24.8 Å². The molecule has 0 radical (unpaired) electrons. The highest BCUT2D eigenvalue weighted by Gasteiger charge is 2.25. The topological polar surface area (TPSA) is 58.4 Å². The molecule has 7 heteroatoms. The molecule has 3 heterocycles. The van der Waals surface area contributed by atoms with E-state index < -0.39 is 0 Å². The van der Waals surface area contributed by atoms with Gasteiger partial charge < -0.3 is 14.6 Å². The number of piperidine rings is 1. The monoisotopic (exact) mass is 345 g/mol. The second-order valence-corrected chi connectivity index (χ2v) is 5.30. The van der Waals surface area contributed by atoms with Crippen LogP contribution in [0.2, 0.25) is 0 Å². The van der Waals surface area contributed by atoms with Crippen molar-refractivity contribution in [3.63, 3.8) is 0 Å². The largest absolute Gasteiger partial charge is 0.449 e. The molecule has 22 heavy (non-hydrogen) atoms. The van der Waals surface area contributed by atoms with Crippen LogP contribution in [0.3, 0.4) is 0 Å². The van der Waals surface area contributed by atoms with Gasteiger partial charge in [-0.1, -0.05) is 0 Å². The highest BCUT2D eigenvalue weighted by atomic mass is 35.5. The molecule has 1 amide bonds. The average molecular weight is 346 g/mol. The lowest BCUT2D eigenvalue weighted by Crippen LogP contribution is -2.43. The third kappa shape index (κ3) is 3.72. The number of carbonyl (C=O) groups excluding carboxylic acids is 1. The maximum absolute atomic E-state index is 12.4. The Hall–Kier alpha value is -1.30. The normalized spacial score (nSPS) is 15.3. The standard InChI is InChI=1S/C15H19N3O2.2ClH/c1-10-3-4-13-12(17-10)9-14(20-13)15(19)18-7-5-11(16-2)6-8-18;;/h3-4,9,11,16H,5-8H2,1-2H3;2*1H. The highest BCUT2D eigenvalue weighted by Crippen LogP contribution is 2.21. The first kappa shape index (κ1) is 18.7. The van der Waals surface area contributed by atoms with Crippen LogP contribution in [0.5, 0.6) is 0 Å². The Labute approximate surface area is 142 Å². The summed E-state index contributed by atoms with van der Waals surface area (Å²) < 4.78 is 5.62. The predicted octanol–water partition coefficient (Wildman–Crippen LogP) is 2.80. The lowest BCUT2D eigenvalue weighted by molar-refractivity contribution is 0.0677. The van der Waals surface area contributed by atoms with E-state index in [-0.39, 0.29) is 30.7 Å². The molecule has 1 aliphatic heterocycles. The maximum atomic E-state index is 12.4. The number of hydrogen-bond donors (Lipinski definition) is 1. The van der Waals surface area contributed by atoms with Gasteiger partial charge in [0.05, 0.1) is 0 Å². The van der Waals surface area contributed by atoms with Crippen LogP contribution < -0.4 is 5.32 Å². The Morgan fingerprint density at radius 2 is 2.00 bits per heavy atom. The number of hydrogen-bond acceptors (Lipinski definition) is 4. The lowest BCUT2D eigenvalue weighted by atomic mass is 10.1. The van der Waals surface area contributed by atoms with Crippen LogP contribution in [0.15, 0.2) is 22.6 Å². The quantitative estimate of drug-likeness (QED) is 0.909. The summed E-state index contributed by atoms with van der Waals surface area (Å²) in [5.74, 6) is 0.358. The minimum atomic E-state index is -0.0322. The van der Waals surface area contributed by atoms with Gasteiger partial charge in [0.1, 0.15) is 5.52 Å². The van der Waals surface area contributed by atoms with Gasteiger partial charge >= 0.3 is 0 Å². The molecule has 3 rings (SSSR count). The van der Waals surface area contributed by atoms with Crippen LogP contribution in [0.1, 0.15) is 29.1 Å². The predicted molar refractivity (Wildman–Crippen MR) is 91.2 cm³/mol. The van der Waals surface area contributed by atoms with Crippen molar-refractivity contribution < 1.29 is 9.21 Å². The molecule has 2 aromatic rings.